The summed E-state index contributed by atoms with van der Waals surface area (Å²) in [6.07, 6.45) is 3.60. The van der Waals surface area contributed by atoms with E-state index >= 15 is 0 Å². The van der Waals surface area contributed by atoms with Crippen molar-refractivity contribution < 1.29 is 24.8 Å². The van der Waals surface area contributed by atoms with Crippen LogP contribution < -0.4 is 11.1 Å². The smallest absolute Gasteiger partial charge is 0.121 e. The second-order valence-corrected chi connectivity index (χ2v) is 7.59. The van der Waals surface area contributed by atoms with E-state index in [0.29, 0.717) is 37.5 Å². The van der Waals surface area contributed by atoms with Crippen molar-refractivity contribution in [2.75, 3.05) is 38.6 Å². The number of rotatable bonds is 16. The van der Waals surface area contributed by atoms with Gasteiger partial charge in [0.25, 0.3) is 0 Å². The summed E-state index contributed by atoms with van der Waals surface area (Å²) in [5, 5.41) is 32.2. The normalized spacial score (nSPS) is 12.2. The Morgan fingerprint density at radius 2 is 1.74 bits per heavy atom. The zero-order valence-corrected chi connectivity index (χ0v) is 18.1. The molecule has 0 aromatic heterocycles. The van der Waals surface area contributed by atoms with Gasteiger partial charge < -0.3 is 35.8 Å². The predicted molar refractivity (Wildman–Crippen MR) is 122 cm³/mol. The molecule has 2 rings (SSSR count). The molecule has 7 heteroatoms. The van der Waals surface area contributed by atoms with Crippen molar-refractivity contribution in [3.05, 3.63) is 59.2 Å². The second kappa shape index (κ2) is 14.8. The number of anilines is 1. The third-order valence-electron chi connectivity index (χ3n) is 4.98. The van der Waals surface area contributed by atoms with Crippen LogP contribution in [-0.2, 0) is 22.7 Å². The third-order valence-corrected chi connectivity index (χ3v) is 4.98. The minimum Gasteiger partial charge on any atom is -0.508 e. The molecule has 0 heterocycles. The van der Waals surface area contributed by atoms with Crippen LogP contribution in [0.4, 0.5) is 5.69 Å². The quantitative estimate of drug-likeness (QED) is 0.204. The largest absolute Gasteiger partial charge is 0.508 e. The van der Waals surface area contributed by atoms with Crippen LogP contribution in [0.15, 0.2) is 42.5 Å². The van der Waals surface area contributed by atoms with Gasteiger partial charge in [0, 0.05) is 24.4 Å². The van der Waals surface area contributed by atoms with Crippen LogP contribution in [0.25, 0.3) is 0 Å². The molecule has 2 aromatic carbocycles. The summed E-state index contributed by atoms with van der Waals surface area (Å²) in [6.45, 7) is 3.47. The first kappa shape index (κ1) is 25.1. The molecule has 2 aromatic rings. The highest BCUT2D eigenvalue weighted by Crippen LogP contribution is 2.22. The maximum atomic E-state index is 10.2. The van der Waals surface area contributed by atoms with Gasteiger partial charge in [-0.25, -0.2) is 0 Å². The van der Waals surface area contributed by atoms with Crippen molar-refractivity contribution in [1.82, 2.24) is 5.32 Å². The van der Waals surface area contributed by atoms with Gasteiger partial charge in [-0.15, -0.1) is 0 Å². The molecule has 0 aliphatic rings. The lowest BCUT2D eigenvalue weighted by Crippen LogP contribution is -2.22. The van der Waals surface area contributed by atoms with Gasteiger partial charge >= 0.3 is 0 Å². The molecule has 0 aliphatic carbocycles. The lowest BCUT2D eigenvalue weighted by Gasteiger charge is -2.14. The monoisotopic (exact) mass is 432 g/mol. The molecule has 1 atom stereocenters. The number of phenols is 1. The number of nitrogen functional groups attached to an aromatic ring is 1. The zero-order valence-electron chi connectivity index (χ0n) is 18.1. The first-order chi connectivity index (χ1) is 15.1. The van der Waals surface area contributed by atoms with Crippen molar-refractivity contribution in [2.45, 2.75) is 45.0 Å². The predicted octanol–water partition coefficient (Wildman–Crippen LogP) is 2.88. The molecule has 0 aliphatic heterocycles. The SMILES string of the molecule is Nc1cccc(COCCOCCCCCCNC[C@H](O)c2ccc(O)c(CO)c2)c1. The number of benzene rings is 2. The molecule has 0 amide bonds. The summed E-state index contributed by atoms with van der Waals surface area (Å²) >= 11 is 0. The first-order valence-corrected chi connectivity index (χ1v) is 10.9. The molecule has 0 saturated carbocycles. The molecule has 172 valence electrons. The topological polar surface area (TPSA) is 117 Å². The standard InChI is InChI=1S/C24H36N2O5/c25-22-7-5-6-19(14-22)18-31-13-12-30-11-4-2-1-3-10-26-16-24(29)20-8-9-23(28)21(15-20)17-27/h5-9,14-15,24,26-29H,1-4,10-13,16-18,25H2/t24-/m0/s1. The molecular weight excluding hydrogens is 396 g/mol. The van der Waals surface area contributed by atoms with Gasteiger partial charge in [-0.05, 0) is 54.8 Å². The Labute approximate surface area is 184 Å². The third kappa shape index (κ3) is 10.1. The van der Waals surface area contributed by atoms with Crippen LogP contribution >= 0.6 is 0 Å². The number of aliphatic hydroxyl groups is 2. The zero-order chi connectivity index (χ0) is 22.3. The Balaban J connectivity index is 1.39. The van der Waals surface area contributed by atoms with Gasteiger partial charge in [-0.1, -0.05) is 31.0 Å². The number of hydrogen-bond donors (Lipinski definition) is 5. The van der Waals surface area contributed by atoms with Crippen LogP contribution in [0.5, 0.6) is 5.75 Å². The summed E-state index contributed by atoms with van der Waals surface area (Å²) in [5.74, 6) is 0.0423. The van der Waals surface area contributed by atoms with Gasteiger partial charge in [0.15, 0.2) is 0 Å². The molecule has 0 radical (unpaired) electrons. The van der Waals surface area contributed by atoms with Crippen molar-refractivity contribution in [1.29, 1.82) is 0 Å². The summed E-state index contributed by atoms with van der Waals surface area (Å²) in [5.41, 5.74) is 8.66. The van der Waals surface area contributed by atoms with Gasteiger partial charge in [-0.3, -0.25) is 0 Å². The second-order valence-electron chi connectivity index (χ2n) is 7.59. The molecule has 0 unspecified atom stereocenters. The average Bonchev–Trinajstić information content (AvgIpc) is 2.77. The number of nitrogens with two attached hydrogens (primary N) is 1. The van der Waals surface area contributed by atoms with E-state index in [4.69, 9.17) is 15.2 Å². The number of aliphatic hydroxyl groups excluding tert-OH is 2. The Morgan fingerprint density at radius 1 is 0.935 bits per heavy atom. The number of unbranched alkanes of at least 4 members (excludes halogenated alkanes) is 3. The highest BCUT2D eigenvalue weighted by Gasteiger charge is 2.09. The van der Waals surface area contributed by atoms with Crippen molar-refractivity contribution in [3.8, 4) is 5.75 Å². The van der Waals surface area contributed by atoms with Crippen molar-refractivity contribution in [2.24, 2.45) is 0 Å². The Bertz CT molecular complexity index is 756. The van der Waals surface area contributed by atoms with E-state index < -0.39 is 6.10 Å². The maximum Gasteiger partial charge on any atom is 0.121 e. The molecule has 0 saturated heterocycles. The minimum absolute atomic E-state index is 0.0423. The van der Waals surface area contributed by atoms with E-state index in [-0.39, 0.29) is 12.4 Å². The van der Waals surface area contributed by atoms with E-state index in [1.165, 1.54) is 6.07 Å². The van der Waals surface area contributed by atoms with Crippen LogP contribution in [-0.4, -0.2) is 48.2 Å². The van der Waals surface area contributed by atoms with E-state index in [2.05, 4.69) is 5.32 Å². The lowest BCUT2D eigenvalue weighted by molar-refractivity contribution is 0.0393. The summed E-state index contributed by atoms with van der Waals surface area (Å²) in [4.78, 5) is 0. The highest BCUT2D eigenvalue weighted by molar-refractivity contribution is 5.40. The van der Waals surface area contributed by atoms with Gasteiger partial charge in [0.1, 0.15) is 5.75 Å². The van der Waals surface area contributed by atoms with Crippen molar-refractivity contribution in [3.63, 3.8) is 0 Å². The molecule has 0 spiro atoms. The van der Waals surface area contributed by atoms with E-state index in [0.717, 1.165) is 50.1 Å². The highest BCUT2D eigenvalue weighted by atomic mass is 16.5. The van der Waals surface area contributed by atoms with Gasteiger partial charge in [0.05, 0.1) is 32.5 Å². The number of nitrogens with one attached hydrogen (secondary N) is 1. The minimum atomic E-state index is -0.666. The molecule has 0 fully saturated rings. The summed E-state index contributed by atoms with van der Waals surface area (Å²) < 4.78 is 11.2. The molecule has 7 nitrogen and oxygen atoms in total. The molecule has 6 N–H and O–H groups in total. The van der Waals surface area contributed by atoms with E-state index in [1.54, 1.807) is 12.1 Å². The van der Waals surface area contributed by atoms with Gasteiger partial charge in [-0.2, -0.15) is 0 Å². The molecular formula is C24H36N2O5. The van der Waals surface area contributed by atoms with Crippen molar-refractivity contribution >= 4 is 5.69 Å². The van der Waals surface area contributed by atoms with Crippen LogP contribution in [0, 0.1) is 0 Å². The van der Waals surface area contributed by atoms with E-state index in [9.17, 15) is 15.3 Å². The first-order valence-electron chi connectivity index (χ1n) is 10.9. The van der Waals surface area contributed by atoms with E-state index in [1.807, 2.05) is 24.3 Å². The fraction of sp³-hybridized carbons (Fsp3) is 0.500. The molecule has 31 heavy (non-hydrogen) atoms. The fourth-order valence-corrected chi connectivity index (χ4v) is 3.20. The summed E-state index contributed by atoms with van der Waals surface area (Å²) in [7, 11) is 0. The Hall–Kier alpha value is -2.16. The fourth-order valence-electron chi connectivity index (χ4n) is 3.20. The van der Waals surface area contributed by atoms with Crippen LogP contribution in [0.2, 0.25) is 0 Å². The summed E-state index contributed by atoms with van der Waals surface area (Å²) in [6, 6.07) is 12.5. The van der Waals surface area contributed by atoms with Crippen LogP contribution in [0.3, 0.4) is 0 Å². The molecule has 0 bridgehead atoms. The number of ether oxygens (including phenoxy) is 2. The number of aromatic hydroxyl groups is 1. The van der Waals surface area contributed by atoms with Gasteiger partial charge in [0.2, 0.25) is 0 Å². The average molecular weight is 433 g/mol. The maximum absolute atomic E-state index is 10.2. The Morgan fingerprint density at radius 3 is 2.55 bits per heavy atom. The lowest BCUT2D eigenvalue weighted by atomic mass is 10.1. The number of hydrogen-bond acceptors (Lipinski definition) is 7. The van der Waals surface area contributed by atoms with Crippen LogP contribution in [0.1, 0.15) is 48.5 Å². The Kier molecular flexibility index (Phi) is 12.0.